The highest BCUT2D eigenvalue weighted by Crippen LogP contribution is 2.24. The topological polar surface area (TPSA) is 35.5 Å². The standard InChI is InChI=1S/C9H18O3PS/c1-8(2)7-12-13(14)6-4-5-11-9(3)10/h8H,4-7H2,1-3H3/q+1. The van der Waals surface area contributed by atoms with Crippen molar-refractivity contribution < 1.29 is 14.1 Å². The van der Waals surface area contributed by atoms with Crippen molar-refractivity contribution in [1.29, 1.82) is 0 Å². The van der Waals surface area contributed by atoms with E-state index in [9.17, 15) is 4.79 Å². The summed E-state index contributed by atoms with van der Waals surface area (Å²) < 4.78 is 10.2. The first-order valence-corrected chi connectivity index (χ1v) is 7.19. The number of carbonyl (C=O) groups is 1. The fraction of sp³-hybridized carbons (Fsp3) is 0.889. The highest BCUT2D eigenvalue weighted by molar-refractivity contribution is 8.02. The summed E-state index contributed by atoms with van der Waals surface area (Å²) in [6.07, 6.45) is 1.62. The van der Waals surface area contributed by atoms with E-state index in [4.69, 9.17) is 21.1 Å². The Balaban J connectivity index is 3.31. The molecule has 0 heterocycles. The van der Waals surface area contributed by atoms with Gasteiger partial charge >= 0.3 is 12.9 Å². The summed E-state index contributed by atoms with van der Waals surface area (Å²) in [7, 11) is 0. The van der Waals surface area contributed by atoms with Crippen LogP contribution in [0.25, 0.3) is 0 Å². The lowest BCUT2D eigenvalue weighted by Gasteiger charge is -1.99. The summed E-state index contributed by atoms with van der Waals surface area (Å²) in [5.41, 5.74) is 0. The van der Waals surface area contributed by atoms with Crippen LogP contribution in [0.2, 0.25) is 0 Å². The van der Waals surface area contributed by atoms with Gasteiger partial charge in [0.2, 0.25) is 0 Å². The Morgan fingerprint density at radius 3 is 2.64 bits per heavy atom. The second-order valence-corrected chi connectivity index (χ2v) is 6.03. The van der Waals surface area contributed by atoms with E-state index in [0.717, 1.165) is 19.2 Å². The Bertz CT molecular complexity index is 194. The maximum atomic E-state index is 10.4. The summed E-state index contributed by atoms with van der Waals surface area (Å²) in [4.78, 5) is 10.4. The number of rotatable bonds is 7. The first-order valence-electron chi connectivity index (χ1n) is 4.73. The van der Waals surface area contributed by atoms with Crippen molar-refractivity contribution >= 4 is 24.7 Å². The number of carbonyl (C=O) groups excluding carboxylic acids is 1. The van der Waals surface area contributed by atoms with Gasteiger partial charge in [-0.25, -0.2) is 0 Å². The van der Waals surface area contributed by atoms with Crippen molar-refractivity contribution in [3.05, 3.63) is 0 Å². The Hall–Kier alpha value is -0.0500. The average Bonchev–Trinajstić information content (AvgIpc) is 2.08. The lowest BCUT2D eigenvalue weighted by atomic mass is 10.2. The van der Waals surface area contributed by atoms with Crippen LogP contribution >= 0.6 is 6.92 Å². The molecule has 0 bridgehead atoms. The van der Waals surface area contributed by atoms with Gasteiger partial charge in [0.15, 0.2) is 18.0 Å². The summed E-state index contributed by atoms with van der Waals surface area (Å²) >= 11 is 5.14. The molecule has 0 fully saturated rings. The van der Waals surface area contributed by atoms with Gasteiger partial charge in [-0.15, -0.1) is 0 Å². The van der Waals surface area contributed by atoms with Crippen molar-refractivity contribution in [2.75, 3.05) is 19.4 Å². The molecule has 1 unspecified atom stereocenters. The van der Waals surface area contributed by atoms with Crippen molar-refractivity contribution in [3.8, 4) is 0 Å². The van der Waals surface area contributed by atoms with E-state index in [-0.39, 0.29) is 5.97 Å². The average molecular weight is 237 g/mol. The predicted molar refractivity (Wildman–Crippen MR) is 61.2 cm³/mol. The smallest absolute Gasteiger partial charge is 0.337 e. The van der Waals surface area contributed by atoms with Crippen LogP contribution in [0.3, 0.4) is 0 Å². The first kappa shape index (κ1) is 13.9. The number of esters is 1. The van der Waals surface area contributed by atoms with Crippen LogP contribution in [0, 0.1) is 5.92 Å². The van der Waals surface area contributed by atoms with Gasteiger partial charge in [0.05, 0.1) is 6.61 Å². The van der Waals surface area contributed by atoms with Crippen LogP contribution in [0.5, 0.6) is 0 Å². The second-order valence-electron chi connectivity index (χ2n) is 3.44. The Kier molecular flexibility index (Phi) is 8.24. The van der Waals surface area contributed by atoms with E-state index in [2.05, 4.69) is 13.8 Å². The molecule has 0 saturated carbocycles. The molecule has 0 amide bonds. The largest absolute Gasteiger partial charge is 0.466 e. The van der Waals surface area contributed by atoms with Crippen molar-refractivity contribution in [1.82, 2.24) is 0 Å². The molecule has 14 heavy (non-hydrogen) atoms. The van der Waals surface area contributed by atoms with Crippen molar-refractivity contribution in [2.24, 2.45) is 5.92 Å². The molecule has 0 saturated heterocycles. The Labute approximate surface area is 91.7 Å². The van der Waals surface area contributed by atoms with Gasteiger partial charge in [-0.2, -0.15) is 4.52 Å². The lowest BCUT2D eigenvalue weighted by Crippen LogP contribution is -2.02. The lowest BCUT2D eigenvalue weighted by molar-refractivity contribution is -0.140. The normalized spacial score (nSPS) is 11.6. The van der Waals surface area contributed by atoms with Crippen molar-refractivity contribution in [2.45, 2.75) is 27.2 Å². The Morgan fingerprint density at radius 2 is 2.14 bits per heavy atom. The quantitative estimate of drug-likeness (QED) is 0.387. The highest BCUT2D eigenvalue weighted by Gasteiger charge is 2.12. The number of hydrogen-bond donors (Lipinski definition) is 0. The van der Waals surface area contributed by atoms with E-state index < -0.39 is 6.92 Å². The third-order valence-electron chi connectivity index (χ3n) is 1.34. The van der Waals surface area contributed by atoms with E-state index in [1.807, 2.05) is 0 Å². The first-order chi connectivity index (χ1) is 6.52. The zero-order valence-electron chi connectivity index (χ0n) is 8.99. The molecule has 1 atom stereocenters. The molecular weight excluding hydrogens is 219 g/mol. The minimum Gasteiger partial charge on any atom is -0.466 e. The zero-order valence-corrected chi connectivity index (χ0v) is 10.7. The molecule has 0 spiro atoms. The molecule has 0 aliphatic carbocycles. The van der Waals surface area contributed by atoms with Crippen LogP contribution < -0.4 is 0 Å². The molecular formula is C9H18O3PS+. The van der Waals surface area contributed by atoms with E-state index in [1.165, 1.54) is 6.92 Å². The molecule has 0 aliphatic rings. The minimum atomic E-state index is -0.752. The van der Waals surface area contributed by atoms with Gasteiger partial charge in [-0.1, -0.05) is 13.8 Å². The molecule has 3 nitrogen and oxygen atoms in total. The maximum absolute atomic E-state index is 10.4. The van der Waals surface area contributed by atoms with E-state index in [0.29, 0.717) is 12.5 Å². The second kappa shape index (κ2) is 8.27. The molecule has 0 rings (SSSR count). The van der Waals surface area contributed by atoms with E-state index in [1.54, 1.807) is 0 Å². The fourth-order valence-electron chi connectivity index (χ4n) is 0.706. The van der Waals surface area contributed by atoms with Gasteiger partial charge in [-0.05, 0) is 5.92 Å². The van der Waals surface area contributed by atoms with Crippen LogP contribution in [0.15, 0.2) is 0 Å². The molecule has 0 aromatic rings. The summed E-state index contributed by atoms with van der Waals surface area (Å²) in [5, 5.41) is 0. The van der Waals surface area contributed by atoms with E-state index >= 15 is 0 Å². The summed E-state index contributed by atoms with van der Waals surface area (Å²) in [5.74, 6) is 0.290. The monoisotopic (exact) mass is 237 g/mol. The van der Waals surface area contributed by atoms with Gasteiger partial charge in [0.1, 0.15) is 6.61 Å². The molecule has 0 aliphatic heterocycles. The van der Waals surface area contributed by atoms with Crippen LogP contribution in [0.4, 0.5) is 0 Å². The van der Waals surface area contributed by atoms with Crippen LogP contribution in [-0.4, -0.2) is 25.3 Å². The van der Waals surface area contributed by atoms with Gasteiger partial charge in [0, 0.05) is 13.3 Å². The minimum absolute atomic E-state index is 0.234. The summed E-state index contributed by atoms with van der Waals surface area (Å²) in [6.45, 7) is 6.02. The summed E-state index contributed by atoms with van der Waals surface area (Å²) in [6, 6.07) is 0. The predicted octanol–water partition coefficient (Wildman–Crippen LogP) is 2.47. The SMILES string of the molecule is CC(=O)OCCC[P+](=S)OCC(C)C. The number of hydrogen-bond acceptors (Lipinski definition) is 4. The van der Waals surface area contributed by atoms with Crippen LogP contribution in [0.1, 0.15) is 27.2 Å². The number of ether oxygens (including phenoxy) is 1. The van der Waals surface area contributed by atoms with Crippen molar-refractivity contribution in [3.63, 3.8) is 0 Å². The highest BCUT2D eigenvalue weighted by atomic mass is 32.4. The maximum Gasteiger partial charge on any atom is 0.337 e. The molecule has 0 N–H and O–H groups in total. The van der Waals surface area contributed by atoms with Gasteiger partial charge in [-0.3, -0.25) is 4.79 Å². The van der Waals surface area contributed by atoms with Gasteiger partial charge in [0.25, 0.3) is 0 Å². The van der Waals surface area contributed by atoms with Gasteiger partial charge < -0.3 is 4.74 Å². The molecule has 0 aromatic carbocycles. The molecule has 0 aromatic heterocycles. The third kappa shape index (κ3) is 10.0. The molecule has 0 radical (unpaired) electrons. The fourth-order valence-corrected chi connectivity index (χ4v) is 2.26. The molecule has 5 heteroatoms. The van der Waals surface area contributed by atoms with Crippen LogP contribution in [-0.2, 0) is 25.9 Å². The third-order valence-corrected chi connectivity index (χ3v) is 3.32. The molecule has 82 valence electrons. The Morgan fingerprint density at radius 1 is 1.50 bits per heavy atom. The zero-order chi connectivity index (χ0) is 11.0.